The fourth-order valence-electron chi connectivity index (χ4n) is 2.26. The molecular weight excluding hydrogens is 326 g/mol. The minimum Gasteiger partial charge on any atom is -0.306 e. The molecule has 0 aliphatic heterocycles. The highest BCUT2D eigenvalue weighted by atomic mass is 32.1. The van der Waals surface area contributed by atoms with Crippen molar-refractivity contribution in [1.29, 1.82) is 0 Å². The number of hydrogen-bond acceptors (Lipinski definition) is 5. The van der Waals surface area contributed by atoms with Crippen molar-refractivity contribution in [2.24, 2.45) is 0 Å². The number of anilines is 1. The van der Waals surface area contributed by atoms with E-state index >= 15 is 0 Å². The number of hydrogen-bond donors (Lipinski definition) is 2. The Kier molecular flexibility index (Phi) is 4.30. The summed E-state index contributed by atoms with van der Waals surface area (Å²) in [5.41, 5.74) is 1.66. The number of thiazole rings is 1. The van der Waals surface area contributed by atoms with Crippen LogP contribution in [0.2, 0.25) is 0 Å². The van der Waals surface area contributed by atoms with Gasteiger partial charge in [0.1, 0.15) is 5.65 Å². The third kappa shape index (κ3) is 3.28. The average molecular weight is 343 g/mol. The zero-order chi connectivity index (χ0) is 17.3. The number of rotatable bonds is 4. The van der Waals surface area contributed by atoms with E-state index in [4.69, 9.17) is 0 Å². The lowest BCUT2D eigenvalue weighted by atomic mass is 10.2. The predicted octanol–water partition coefficient (Wildman–Crippen LogP) is 2.72. The Hall–Kier alpha value is -2.74. The van der Waals surface area contributed by atoms with Gasteiger partial charge in [-0.3, -0.25) is 14.9 Å². The molecular formula is C16H17N5O2S. The van der Waals surface area contributed by atoms with E-state index in [1.165, 1.54) is 23.5 Å². The second kappa shape index (κ2) is 6.40. The number of aromatic amines is 1. The van der Waals surface area contributed by atoms with Gasteiger partial charge in [-0.2, -0.15) is 5.10 Å². The first-order valence-electron chi connectivity index (χ1n) is 7.46. The maximum Gasteiger partial charge on any atom is 0.256 e. The summed E-state index contributed by atoms with van der Waals surface area (Å²) in [7, 11) is 0. The van der Waals surface area contributed by atoms with Crippen molar-refractivity contribution in [3.8, 4) is 0 Å². The van der Waals surface area contributed by atoms with Crippen LogP contribution < -0.4 is 10.9 Å². The van der Waals surface area contributed by atoms with Gasteiger partial charge < -0.3 is 4.98 Å². The van der Waals surface area contributed by atoms with Gasteiger partial charge in [-0.25, -0.2) is 9.67 Å². The molecule has 0 atom stereocenters. The number of aromatic nitrogens is 4. The van der Waals surface area contributed by atoms with Crippen molar-refractivity contribution in [2.75, 3.05) is 5.32 Å². The van der Waals surface area contributed by atoms with Crippen molar-refractivity contribution < 1.29 is 4.79 Å². The Morgan fingerprint density at radius 3 is 2.92 bits per heavy atom. The largest absolute Gasteiger partial charge is 0.306 e. The van der Waals surface area contributed by atoms with Crippen LogP contribution in [0.1, 0.15) is 31.1 Å². The van der Waals surface area contributed by atoms with Crippen molar-refractivity contribution in [1.82, 2.24) is 19.7 Å². The molecule has 0 aromatic carbocycles. The van der Waals surface area contributed by atoms with E-state index in [9.17, 15) is 9.59 Å². The molecule has 2 N–H and O–H groups in total. The number of pyridine rings is 1. The first kappa shape index (κ1) is 16.1. The number of nitrogens with zero attached hydrogens (tertiary/aromatic N) is 3. The zero-order valence-corrected chi connectivity index (χ0v) is 14.3. The maximum absolute atomic E-state index is 12.2. The van der Waals surface area contributed by atoms with Gasteiger partial charge in [0.25, 0.3) is 5.56 Å². The lowest BCUT2D eigenvalue weighted by Gasteiger charge is -2.06. The van der Waals surface area contributed by atoms with E-state index in [2.05, 4.69) is 20.4 Å². The second-order valence-corrected chi connectivity index (χ2v) is 6.52. The molecule has 0 fully saturated rings. The summed E-state index contributed by atoms with van der Waals surface area (Å²) in [5.74, 6) is -0.332. The molecule has 8 heteroatoms. The molecule has 0 spiro atoms. The summed E-state index contributed by atoms with van der Waals surface area (Å²) >= 11 is 1.35. The van der Waals surface area contributed by atoms with E-state index in [0.29, 0.717) is 16.3 Å². The van der Waals surface area contributed by atoms with Gasteiger partial charge in [0.2, 0.25) is 5.91 Å². The topological polar surface area (TPSA) is 92.7 Å². The number of amides is 1. The number of fused-ring (bicyclic) bond motifs is 1. The quantitative estimate of drug-likeness (QED) is 0.712. The lowest BCUT2D eigenvalue weighted by molar-refractivity contribution is -0.111. The van der Waals surface area contributed by atoms with Crippen molar-refractivity contribution >= 4 is 39.5 Å². The maximum atomic E-state index is 12.2. The van der Waals surface area contributed by atoms with Crippen molar-refractivity contribution in [3.05, 3.63) is 45.3 Å². The Morgan fingerprint density at radius 1 is 1.46 bits per heavy atom. The Labute approximate surface area is 142 Å². The SMILES string of the molecule is Cc1csc(NC(=O)C=Cc2cc3cnn(C(C)C)c3[nH]c2=O)n1. The highest BCUT2D eigenvalue weighted by molar-refractivity contribution is 7.13. The standard InChI is InChI=1S/C16H17N5O2S/c1-9(2)21-14-12(7-17-21)6-11(15(23)20-14)4-5-13(22)19-16-18-10(3)8-24-16/h4-9H,1-3H3,(H,20,23)(H,18,19,22). The van der Waals surface area contributed by atoms with E-state index < -0.39 is 0 Å². The summed E-state index contributed by atoms with van der Waals surface area (Å²) in [6, 6.07) is 1.87. The number of carbonyl (C=O) groups excluding carboxylic acids is 1. The molecule has 0 unspecified atom stereocenters. The molecule has 24 heavy (non-hydrogen) atoms. The minimum atomic E-state index is -0.332. The van der Waals surface area contributed by atoms with E-state index in [-0.39, 0.29) is 17.5 Å². The molecule has 3 aromatic heterocycles. The first-order valence-corrected chi connectivity index (χ1v) is 8.34. The third-order valence-corrected chi connectivity index (χ3v) is 4.26. The highest BCUT2D eigenvalue weighted by Gasteiger charge is 2.09. The monoisotopic (exact) mass is 343 g/mol. The van der Waals surface area contributed by atoms with Gasteiger partial charge in [-0.05, 0) is 32.9 Å². The number of carbonyl (C=O) groups is 1. The van der Waals surface area contributed by atoms with Crippen LogP contribution in [0.3, 0.4) is 0 Å². The van der Waals surface area contributed by atoms with Crippen LogP contribution in [-0.4, -0.2) is 25.7 Å². The van der Waals surface area contributed by atoms with E-state index in [1.54, 1.807) is 16.9 Å². The van der Waals surface area contributed by atoms with Gasteiger partial charge in [0.15, 0.2) is 5.13 Å². The predicted molar refractivity (Wildman–Crippen MR) is 95.3 cm³/mol. The van der Waals surface area contributed by atoms with Crippen LogP contribution in [0.4, 0.5) is 5.13 Å². The second-order valence-electron chi connectivity index (χ2n) is 5.66. The zero-order valence-electron chi connectivity index (χ0n) is 13.5. The van der Waals surface area contributed by atoms with Gasteiger partial charge in [0, 0.05) is 28.4 Å². The molecule has 0 aliphatic rings. The van der Waals surface area contributed by atoms with Gasteiger partial charge in [0.05, 0.1) is 11.9 Å². The summed E-state index contributed by atoms with van der Waals surface area (Å²) in [6.45, 7) is 5.83. The van der Waals surface area contributed by atoms with Crippen LogP contribution in [-0.2, 0) is 4.79 Å². The van der Waals surface area contributed by atoms with Gasteiger partial charge in [-0.1, -0.05) is 0 Å². The summed E-state index contributed by atoms with van der Waals surface area (Å²) in [4.78, 5) is 31.1. The summed E-state index contributed by atoms with van der Waals surface area (Å²) in [5, 5.41) is 10.1. The molecule has 1 amide bonds. The van der Waals surface area contributed by atoms with Crippen LogP contribution in [0.5, 0.6) is 0 Å². The molecule has 0 saturated heterocycles. The Morgan fingerprint density at radius 2 is 2.25 bits per heavy atom. The molecule has 0 bridgehead atoms. The lowest BCUT2D eigenvalue weighted by Crippen LogP contribution is -2.13. The minimum absolute atomic E-state index is 0.145. The molecule has 3 aromatic rings. The van der Waals surface area contributed by atoms with Crippen molar-refractivity contribution in [3.63, 3.8) is 0 Å². The number of H-pyrrole nitrogens is 1. The summed E-state index contributed by atoms with van der Waals surface area (Å²) < 4.78 is 1.75. The van der Waals surface area contributed by atoms with Crippen LogP contribution in [0, 0.1) is 6.92 Å². The molecule has 3 rings (SSSR count). The number of nitrogens with one attached hydrogen (secondary N) is 2. The molecule has 3 heterocycles. The molecule has 0 radical (unpaired) electrons. The fourth-order valence-corrected chi connectivity index (χ4v) is 2.95. The average Bonchev–Trinajstić information content (AvgIpc) is 3.10. The van der Waals surface area contributed by atoms with E-state index in [1.807, 2.05) is 26.2 Å². The third-order valence-electron chi connectivity index (χ3n) is 3.38. The van der Waals surface area contributed by atoms with Crippen molar-refractivity contribution in [2.45, 2.75) is 26.8 Å². The smallest absolute Gasteiger partial charge is 0.256 e. The van der Waals surface area contributed by atoms with Crippen LogP contribution >= 0.6 is 11.3 Å². The first-order chi connectivity index (χ1) is 11.4. The fraction of sp³-hybridized carbons (Fsp3) is 0.250. The van der Waals surface area contributed by atoms with E-state index in [0.717, 1.165) is 11.1 Å². The molecule has 0 aliphatic carbocycles. The summed E-state index contributed by atoms with van der Waals surface area (Å²) in [6.07, 6.45) is 4.50. The van der Waals surface area contributed by atoms with Crippen LogP contribution in [0.15, 0.2) is 28.5 Å². The highest BCUT2D eigenvalue weighted by Crippen LogP contribution is 2.16. The molecule has 124 valence electrons. The molecule has 0 saturated carbocycles. The normalized spacial score (nSPS) is 11.7. The molecule has 7 nitrogen and oxygen atoms in total. The number of aryl methyl sites for hydroxylation is 1. The Bertz CT molecular complexity index is 980. The van der Waals surface area contributed by atoms with Gasteiger partial charge in [-0.15, -0.1) is 11.3 Å². The van der Waals surface area contributed by atoms with Crippen LogP contribution in [0.25, 0.3) is 17.1 Å². The van der Waals surface area contributed by atoms with Gasteiger partial charge >= 0.3 is 0 Å². The Balaban J connectivity index is 1.83.